The van der Waals surface area contributed by atoms with E-state index in [1.807, 2.05) is 22.8 Å². The van der Waals surface area contributed by atoms with E-state index < -0.39 is 0 Å². The molecule has 2 aliphatic heterocycles. The highest BCUT2D eigenvalue weighted by Crippen LogP contribution is 2.26. The van der Waals surface area contributed by atoms with Gasteiger partial charge in [-0.05, 0) is 44.8 Å². The van der Waals surface area contributed by atoms with Crippen LogP contribution < -0.4 is 0 Å². The normalized spacial score (nSPS) is 24.0. The van der Waals surface area contributed by atoms with Crippen LogP contribution in [0.25, 0.3) is 0 Å². The molecular weight excluding hydrogens is 264 g/mol. The zero-order valence-electron chi connectivity index (χ0n) is 13.0. The van der Waals surface area contributed by atoms with Crippen molar-refractivity contribution in [3.63, 3.8) is 0 Å². The van der Waals surface area contributed by atoms with Crippen molar-refractivity contribution in [2.75, 3.05) is 32.7 Å². The van der Waals surface area contributed by atoms with Gasteiger partial charge in [-0.15, -0.1) is 0 Å². The third kappa shape index (κ3) is 3.46. The van der Waals surface area contributed by atoms with Crippen molar-refractivity contribution >= 4 is 5.91 Å². The summed E-state index contributed by atoms with van der Waals surface area (Å²) in [7, 11) is 2.03. The summed E-state index contributed by atoms with van der Waals surface area (Å²) in [6, 6.07) is 2.15. The standard InChI is InChI=1S/C16H26N4O/c1-18-15(7-8-17-18)14-5-2-9-19(13-14)10-4-12-20-11-3-6-16(20)21/h7-8,14H,2-6,9-13H2,1H3. The molecule has 0 bridgehead atoms. The molecule has 21 heavy (non-hydrogen) atoms. The van der Waals surface area contributed by atoms with E-state index in [4.69, 9.17) is 0 Å². The minimum absolute atomic E-state index is 0.349. The van der Waals surface area contributed by atoms with Gasteiger partial charge in [0.2, 0.25) is 5.91 Å². The van der Waals surface area contributed by atoms with Crippen LogP contribution in [0.15, 0.2) is 12.3 Å². The molecule has 3 rings (SSSR count). The number of hydrogen-bond acceptors (Lipinski definition) is 3. The molecule has 116 valence electrons. The topological polar surface area (TPSA) is 41.4 Å². The molecule has 1 aromatic heterocycles. The summed E-state index contributed by atoms with van der Waals surface area (Å²) in [5, 5.41) is 4.29. The highest BCUT2D eigenvalue weighted by Gasteiger charge is 2.24. The summed E-state index contributed by atoms with van der Waals surface area (Å²) in [5.74, 6) is 0.959. The van der Waals surface area contributed by atoms with E-state index in [1.165, 1.54) is 25.1 Å². The van der Waals surface area contributed by atoms with Crippen molar-refractivity contribution in [3.8, 4) is 0 Å². The Balaban J connectivity index is 1.46. The van der Waals surface area contributed by atoms with Gasteiger partial charge in [0.1, 0.15) is 0 Å². The lowest BCUT2D eigenvalue weighted by atomic mass is 9.94. The van der Waals surface area contributed by atoms with Crippen molar-refractivity contribution in [2.24, 2.45) is 7.05 Å². The molecule has 5 heteroatoms. The number of amides is 1. The molecule has 3 heterocycles. The van der Waals surface area contributed by atoms with E-state index in [1.54, 1.807) is 0 Å². The second-order valence-electron chi connectivity index (χ2n) is 6.36. The molecule has 0 aliphatic carbocycles. The SMILES string of the molecule is Cn1nccc1C1CCCN(CCCN2CCCC2=O)C1. The minimum atomic E-state index is 0.349. The Labute approximate surface area is 126 Å². The Hall–Kier alpha value is -1.36. The Bertz CT molecular complexity index is 484. The van der Waals surface area contributed by atoms with E-state index in [-0.39, 0.29) is 0 Å². The molecule has 5 nitrogen and oxygen atoms in total. The van der Waals surface area contributed by atoms with Gasteiger partial charge in [-0.3, -0.25) is 9.48 Å². The van der Waals surface area contributed by atoms with Crippen molar-refractivity contribution in [2.45, 2.75) is 38.0 Å². The van der Waals surface area contributed by atoms with Crippen LogP contribution in [-0.4, -0.2) is 58.2 Å². The first-order valence-electron chi connectivity index (χ1n) is 8.22. The lowest BCUT2D eigenvalue weighted by Gasteiger charge is -2.33. The highest BCUT2D eigenvalue weighted by atomic mass is 16.2. The van der Waals surface area contributed by atoms with E-state index >= 15 is 0 Å². The molecule has 1 aromatic rings. The van der Waals surface area contributed by atoms with Crippen molar-refractivity contribution in [1.82, 2.24) is 19.6 Å². The predicted octanol–water partition coefficient (Wildman–Crippen LogP) is 1.61. The third-order valence-electron chi connectivity index (χ3n) is 4.86. The van der Waals surface area contributed by atoms with Gasteiger partial charge in [0.15, 0.2) is 0 Å². The number of hydrogen-bond donors (Lipinski definition) is 0. The monoisotopic (exact) mass is 290 g/mol. The molecule has 0 N–H and O–H groups in total. The maximum absolute atomic E-state index is 11.6. The first-order chi connectivity index (χ1) is 10.2. The van der Waals surface area contributed by atoms with Crippen LogP contribution in [0.2, 0.25) is 0 Å². The molecule has 1 amide bonds. The Morgan fingerprint density at radius 3 is 2.90 bits per heavy atom. The van der Waals surface area contributed by atoms with Crippen LogP contribution in [0, 0.1) is 0 Å². The van der Waals surface area contributed by atoms with Crippen LogP contribution in [0.1, 0.15) is 43.7 Å². The maximum Gasteiger partial charge on any atom is 0.222 e. The van der Waals surface area contributed by atoms with Gasteiger partial charge in [0, 0.05) is 50.9 Å². The quantitative estimate of drug-likeness (QED) is 0.827. The van der Waals surface area contributed by atoms with E-state index in [9.17, 15) is 4.79 Å². The summed E-state index contributed by atoms with van der Waals surface area (Å²) < 4.78 is 2.01. The molecule has 0 aromatic carbocycles. The predicted molar refractivity (Wildman–Crippen MR) is 82.1 cm³/mol. The van der Waals surface area contributed by atoms with Gasteiger partial charge in [0.05, 0.1) is 0 Å². The van der Waals surface area contributed by atoms with E-state index in [0.717, 1.165) is 45.4 Å². The molecule has 2 aliphatic rings. The van der Waals surface area contributed by atoms with Crippen LogP contribution in [0.3, 0.4) is 0 Å². The second kappa shape index (κ2) is 6.60. The second-order valence-corrected chi connectivity index (χ2v) is 6.36. The molecule has 0 saturated carbocycles. The van der Waals surface area contributed by atoms with Gasteiger partial charge >= 0.3 is 0 Å². The first-order valence-corrected chi connectivity index (χ1v) is 8.22. The largest absolute Gasteiger partial charge is 0.343 e. The first kappa shape index (κ1) is 14.6. The number of rotatable bonds is 5. The molecule has 1 unspecified atom stereocenters. The highest BCUT2D eigenvalue weighted by molar-refractivity contribution is 5.77. The Kier molecular flexibility index (Phi) is 4.58. The van der Waals surface area contributed by atoms with Gasteiger partial charge in [-0.1, -0.05) is 0 Å². The fourth-order valence-corrected chi connectivity index (χ4v) is 3.71. The van der Waals surface area contributed by atoms with Crippen molar-refractivity contribution in [1.29, 1.82) is 0 Å². The molecule has 1 atom stereocenters. The third-order valence-corrected chi connectivity index (χ3v) is 4.86. The zero-order chi connectivity index (χ0) is 14.7. The van der Waals surface area contributed by atoms with Crippen molar-refractivity contribution in [3.05, 3.63) is 18.0 Å². The summed E-state index contributed by atoms with van der Waals surface area (Å²) >= 11 is 0. The smallest absolute Gasteiger partial charge is 0.222 e. The molecule has 2 fully saturated rings. The van der Waals surface area contributed by atoms with Gasteiger partial charge in [-0.25, -0.2) is 0 Å². The number of aromatic nitrogens is 2. The zero-order valence-corrected chi connectivity index (χ0v) is 13.0. The van der Waals surface area contributed by atoms with Crippen molar-refractivity contribution < 1.29 is 4.79 Å². The number of carbonyl (C=O) groups excluding carboxylic acids is 1. The van der Waals surface area contributed by atoms with Crippen LogP contribution in [0.5, 0.6) is 0 Å². The molecule has 0 spiro atoms. The summed E-state index contributed by atoms with van der Waals surface area (Å²) in [4.78, 5) is 16.2. The molecule has 2 saturated heterocycles. The number of nitrogens with zero attached hydrogens (tertiary/aromatic N) is 4. The van der Waals surface area contributed by atoms with Gasteiger partial charge < -0.3 is 9.80 Å². The maximum atomic E-state index is 11.6. The minimum Gasteiger partial charge on any atom is -0.343 e. The van der Waals surface area contributed by atoms with Crippen LogP contribution >= 0.6 is 0 Å². The lowest BCUT2D eigenvalue weighted by Crippen LogP contribution is -2.37. The average molecular weight is 290 g/mol. The summed E-state index contributed by atoms with van der Waals surface area (Å²) in [5.41, 5.74) is 1.36. The fourth-order valence-electron chi connectivity index (χ4n) is 3.71. The summed E-state index contributed by atoms with van der Waals surface area (Å²) in [6.07, 6.45) is 7.33. The Morgan fingerprint density at radius 2 is 2.19 bits per heavy atom. The number of carbonyl (C=O) groups is 1. The van der Waals surface area contributed by atoms with E-state index in [0.29, 0.717) is 11.8 Å². The van der Waals surface area contributed by atoms with Crippen LogP contribution in [0.4, 0.5) is 0 Å². The molecular formula is C16H26N4O. The van der Waals surface area contributed by atoms with Gasteiger partial charge in [0.25, 0.3) is 0 Å². The van der Waals surface area contributed by atoms with Gasteiger partial charge in [-0.2, -0.15) is 5.10 Å². The van der Waals surface area contributed by atoms with Crippen LogP contribution in [-0.2, 0) is 11.8 Å². The van der Waals surface area contributed by atoms with E-state index in [2.05, 4.69) is 16.1 Å². The number of piperidine rings is 1. The Morgan fingerprint density at radius 1 is 1.29 bits per heavy atom. The fraction of sp³-hybridized carbons (Fsp3) is 0.750. The number of aryl methyl sites for hydroxylation is 1. The molecule has 0 radical (unpaired) electrons. The lowest BCUT2D eigenvalue weighted by molar-refractivity contribution is -0.127. The number of likely N-dealkylation sites (tertiary alicyclic amines) is 2. The summed E-state index contributed by atoms with van der Waals surface area (Å²) in [6.45, 7) is 5.34. The average Bonchev–Trinajstić information content (AvgIpc) is 3.08.